The third-order valence-electron chi connectivity index (χ3n) is 3.69. The lowest BCUT2D eigenvalue weighted by Crippen LogP contribution is -1.90. The maximum Gasteiger partial charge on any atom is -0.0241 e. The van der Waals surface area contributed by atoms with E-state index in [1.165, 1.54) is 83.5 Å². The van der Waals surface area contributed by atoms with Crippen molar-refractivity contribution in [3.8, 4) is 0 Å². The summed E-state index contributed by atoms with van der Waals surface area (Å²) < 4.78 is 0. The summed E-state index contributed by atoms with van der Waals surface area (Å²) in [5, 5.41) is 0. The Morgan fingerprint density at radius 1 is 0.733 bits per heavy atom. The monoisotopic (exact) mass is 209 g/mol. The van der Waals surface area contributed by atoms with Gasteiger partial charge in [0.15, 0.2) is 0 Å². The Bertz CT molecular complexity index is 122. The van der Waals surface area contributed by atoms with Gasteiger partial charge in [-0.15, -0.1) is 0 Å². The van der Waals surface area contributed by atoms with Crippen LogP contribution in [0.5, 0.6) is 0 Å². The van der Waals surface area contributed by atoms with Crippen molar-refractivity contribution < 1.29 is 0 Å². The average molecular weight is 209 g/mol. The molecule has 0 heterocycles. The fraction of sp³-hybridized carbons (Fsp3) is 0.933. The van der Waals surface area contributed by atoms with Gasteiger partial charge < -0.3 is 0 Å². The van der Waals surface area contributed by atoms with Gasteiger partial charge in [-0.2, -0.15) is 0 Å². The highest BCUT2D eigenvalue weighted by molar-refractivity contribution is 4.93. The molecule has 0 aromatic heterocycles. The van der Waals surface area contributed by atoms with Gasteiger partial charge in [-0.1, -0.05) is 71.1 Å². The van der Waals surface area contributed by atoms with E-state index in [1.807, 2.05) is 5.92 Å². The molecule has 1 saturated carbocycles. The van der Waals surface area contributed by atoms with E-state index in [1.54, 1.807) is 0 Å². The lowest BCUT2D eigenvalue weighted by molar-refractivity contribution is 0.562. The Balaban J connectivity index is 1.73. The Hall–Kier alpha value is 0. The van der Waals surface area contributed by atoms with Gasteiger partial charge in [0.05, 0.1) is 0 Å². The maximum absolute atomic E-state index is 2.29. The fourth-order valence-corrected chi connectivity index (χ4v) is 2.63. The van der Waals surface area contributed by atoms with Gasteiger partial charge in [-0.05, 0) is 25.2 Å². The number of unbranched alkanes of at least 4 members (excludes halogenated alkanes) is 7. The molecule has 0 aromatic rings. The molecule has 1 fully saturated rings. The van der Waals surface area contributed by atoms with Crippen molar-refractivity contribution in [1.29, 1.82) is 0 Å². The van der Waals surface area contributed by atoms with Crippen LogP contribution in [0.25, 0.3) is 0 Å². The lowest BCUT2D eigenvalue weighted by Gasteiger charge is -2.07. The molecule has 0 heteroatoms. The molecule has 0 aromatic carbocycles. The second-order valence-electron chi connectivity index (χ2n) is 5.18. The quantitative estimate of drug-likeness (QED) is 0.429. The van der Waals surface area contributed by atoms with Crippen LogP contribution in [-0.4, -0.2) is 0 Å². The molecule has 15 heavy (non-hydrogen) atoms. The van der Waals surface area contributed by atoms with Crippen LogP contribution in [0.4, 0.5) is 0 Å². The molecule has 1 aliphatic rings. The predicted molar refractivity (Wildman–Crippen MR) is 68.9 cm³/mol. The van der Waals surface area contributed by atoms with Crippen LogP contribution in [0.2, 0.25) is 0 Å². The van der Waals surface area contributed by atoms with Crippen molar-refractivity contribution in [1.82, 2.24) is 0 Å². The van der Waals surface area contributed by atoms with E-state index in [2.05, 4.69) is 6.92 Å². The summed E-state index contributed by atoms with van der Waals surface area (Å²) in [6.07, 6.45) is 19.0. The first-order valence-corrected chi connectivity index (χ1v) is 7.27. The van der Waals surface area contributed by atoms with Crippen molar-refractivity contribution in [3.05, 3.63) is 5.92 Å². The summed E-state index contributed by atoms with van der Waals surface area (Å²) >= 11 is 0. The highest BCUT2D eigenvalue weighted by atomic mass is 14.2. The zero-order valence-electron chi connectivity index (χ0n) is 10.7. The van der Waals surface area contributed by atoms with Crippen LogP contribution in [0.1, 0.15) is 90.4 Å². The van der Waals surface area contributed by atoms with E-state index in [0.717, 1.165) is 0 Å². The topological polar surface area (TPSA) is 0 Å². The largest absolute Gasteiger partial charge is 0.0654 e. The van der Waals surface area contributed by atoms with E-state index < -0.39 is 0 Å². The SMILES string of the molecule is CCCCCCCCCC[C]1CCCC1. The Morgan fingerprint density at radius 2 is 1.27 bits per heavy atom. The summed E-state index contributed by atoms with van der Waals surface area (Å²) in [6.45, 7) is 2.29. The van der Waals surface area contributed by atoms with Crippen LogP contribution < -0.4 is 0 Å². The van der Waals surface area contributed by atoms with Gasteiger partial charge in [0.25, 0.3) is 0 Å². The first kappa shape index (κ1) is 13.1. The third-order valence-corrected chi connectivity index (χ3v) is 3.69. The Morgan fingerprint density at radius 3 is 1.87 bits per heavy atom. The highest BCUT2D eigenvalue weighted by Gasteiger charge is 2.14. The van der Waals surface area contributed by atoms with Crippen molar-refractivity contribution in [2.75, 3.05) is 0 Å². The van der Waals surface area contributed by atoms with E-state index in [4.69, 9.17) is 0 Å². The molecule has 0 atom stereocenters. The zero-order chi connectivity index (χ0) is 10.8. The van der Waals surface area contributed by atoms with E-state index >= 15 is 0 Å². The highest BCUT2D eigenvalue weighted by Crippen LogP contribution is 2.31. The number of hydrogen-bond donors (Lipinski definition) is 0. The molecule has 0 saturated heterocycles. The van der Waals surface area contributed by atoms with Gasteiger partial charge >= 0.3 is 0 Å². The molecule has 0 N–H and O–H groups in total. The predicted octanol–water partition coefficient (Wildman–Crippen LogP) is 5.67. The van der Waals surface area contributed by atoms with Gasteiger partial charge in [-0.3, -0.25) is 0 Å². The van der Waals surface area contributed by atoms with Crippen LogP contribution in [0.15, 0.2) is 0 Å². The molecule has 1 rings (SSSR count). The molecule has 0 spiro atoms. The summed E-state index contributed by atoms with van der Waals surface area (Å²) in [6, 6.07) is 0. The first-order valence-electron chi connectivity index (χ1n) is 7.27. The molecular formula is C15H29. The summed E-state index contributed by atoms with van der Waals surface area (Å²) in [5.74, 6) is 1.88. The molecule has 0 unspecified atom stereocenters. The maximum atomic E-state index is 2.29. The minimum absolute atomic E-state index is 1.37. The minimum atomic E-state index is 1.37. The second-order valence-corrected chi connectivity index (χ2v) is 5.18. The van der Waals surface area contributed by atoms with Gasteiger partial charge in [0, 0.05) is 0 Å². The van der Waals surface area contributed by atoms with E-state index in [9.17, 15) is 0 Å². The Labute approximate surface area is 96.8 Å². The normalized spacial score (nSPS) is 17.4. The van der Waals surface area contributed by atoms with Gasteiger partial charge in [-0.25, -0.2) is 0 Å². The van der Waals surface area contributed by atoms with Crippen LogP contribution in [-0.2, 0) is 0 Å². The molecule has 0 aliphatic heterocycles. The summed E-state index contributed by atoms with van der Waals surface area (Å²) in [5.41, 5.74) is 0. The Kier molecular flexibility index (Phi) is 8.05. The number of hydrogen-bond acceptors (Lipinski definition) is 0. The molecule has 0 amide bonds. The smallest absolute Gasteiger partial charge is 0.0241 e. The standard InChI is InChI=1S/C15H29/c1-2-3-4-5-6-7-8-9-12-15-13-10-11-14-15/h2-14H2,1H3. The molecule has 1 radical (unpaired) electrons. The summed E-state index contributed by atoms with van der Waals surface area (Å²) in [4.78, 5) is 0. The van der Waals surface area contributed by atoms with Gasteiger partial charge in [0.1, 0.15) is 0 Å². The van der Waals surface area contributed by atoms with E-state index in [0.29, 0.717) is 0 Å². The van der Waals surface area contributed by atoms with Crippen molar-refractivity contribution in [3.63, 3.8) is 0 Å². The van der Waals surface area contributed by atoms with Crippen molar-refractivity contribution in [2.45, 2.75) is 90.4 Å². The number of rotatable bonds is 9. The average Bonchev–Trinajstić information content (AvgIpc) is 2.75. The summed E-state index contributed by atoms with van der Waals surface area (Å²) in [7, 11) is 0. The van der Waals surface area contributed by atoms with Crippen molar-refractivity contribution >= 4 is 0 Å². The fourth-order valence-electron chi connectivity index (χ4n) is 2.63. The molecular weight excluding hydrogens is 180 g/mol. The lowest BCUT2D eigenvalue weighted by atomic mass is 9.99. The van der Waals surface area contributed by atoms with Crippen molar-refractivity contribution in [2.24, 2.45) is 0 Å². The molecule has 89 valence electrons. The van der Waals surface area contributed by atoms with Crippen LogP contribution in [0, 0.1) is 5.92 Å². The van der Waals surface area contributed by atoms with Crippen LogP contribution >= 0.6 is 0 Å². The zero-order valence-corrected chi connectivity index (χ0v) is 10.7. The second kappa shape index (κ2) is 9.24. The van der Waals surface area contributed by atoms with E-state index in [-0.39, 0.29) is 0 Å². The third kappa shape index (κ3) is 6.98. The van der Waals surface area contributed by atoms with Crippen LogP contribution in [0.3, 0.4) is 0 Å². The first-order chi connectivity index (χ1) is 7.43. The molecule has 0 nitrogen and oxygen atoms in total. The molecule has 1 aliphatic carbocycles. The van der Waals surface area contributed by atoms with Gasteiger partial charge in [0.2, 0.25) is 0 Å². The minimum Gasteiger partial charge on any atom is -0.0654 e. The molecule has 0 bridgehead atoms.